The van der Waals surface area contributed by atoms with Gasteiger partial charge in [0.25, 0.3) is 0 Å². The summed E-state index contributed by atoms with van der Waals surface area (Å²) in [6, 6.07) is 21.7. The van der Waals surface area contributed by atoms with Crippen LogP contribution >= 0.6 is 7.59 Å². The van der Waals surface area contributed by atoms with E-state index in [-0.39, 0.29) is 0 Å². The van der Waals surface area contributed by atoms with E-state index in [2.05, 4.69) is 74.7 Å². The molecule has 0 spiro atoms. The molecule has 1 aliphatic carbocycles. The largest absolute Gasteiger partial charge is 0.336 e. The first-order valence-corrected chi connectivity index (χ1v) is 12.4. The molecule has 148 valence electrons. The lowest BCUT2D eigenvalue weighted by molar-refractivity contribution is 0.343. The van der Waals surface area contributed by atoms with Crippen molar-refractivity contribution in [1.82, 2.24) is 4.67 Å². The highest BCUT2D eigenvalue weighted by Crippen LogP contribution is 2.68. The molecule has 0 unspecified atom stereocenters. The molecule has 2 aromatic rings. The second-order valence-corrected chi connectivity index (χ2v) is 10.8. The van der Waals surface area contributed by atoms with Gasteiger partial charge >= 0.3 is 7.59 Å². The first kappa shape index (κ1) is 18.3. The molecule has 2 saturated heterocycles. The van der Waals surface area contributed by atoms with Gasteiger partial charge in [-0.15, -0.1) is 0 Å². The zero-order chi connectivity index (χ0) is 19.0. The Morgan fingerprint density at radius 1 is 0.643 bits per heavy atom. The first-order chi connectivity index (χ1) is 13.8. The van der Waals surface area contributed by atoms with E-state index >= 15 is 4.57 Å². The number of fused-ring (bicyclic) bond motifs is 1. The molecule has 0 N–H and O–H groups in total. The van der Waals surface area contributed by atoms with E-state index in [1.165, 1.54) is 19.3 Å². The average molecular weight is 395 g/mol. The van der Waals surface area contributed by atoms with Crippen LogP contribution in [0.15, 0.2) is 60.7 Å². The topological polar surface area (TPSA) is 26.8 Å². The molecule has 2 aliphatic heterocycles. The van der Waals surface area contributed by atoms with Crippen LogP contribution in [0.2, 0.25) is 0 Å². The van der Waals surface area contributed by atoms with Gasteiger partial charge in [-0.2, -0.15) is 0 Å². The second-order valence-electron chi connectivity index (χ2n) is 8.31. The molecule has 5 rings (SSSR count). The molecule has 2 atom stereocenters. The van der Waals surface area contributed by atoms with Gasteiger partial charge in [-0.3, -0.25) is 13.9 Å². The van der Waals surface area contributed by atoms with Crippen LogP contribution in [0.4, 0.5) is 11.4 Å². The molecule has 2 heterocycles. The predicted molar refractivity (Wildman–Crippen MR) is 117 cm³/mol. The fourth-order valence-corrected chi connectivity index (χ4v) is 9.14. The average Bonchev–Trinajstić information content (AvgIpc) is 3.05. The van der Waals surface area contributed by atoms with Crippen molar-refractivity contribution in [3.8, 4) is 0 Å². The summed E-state index contributed by atoms with van der Waals surface area (Å²) in [6.07, 6.45) is 8.25. The summed E-state index contributed by atoms with van der Waals surface area (Å²) in [5.41, 5.74) is 2.23. The number of benzene rings is 2. The van der Waals surface area contributed by atoms with Crippen molar-refractivity contribution in [1.29, 1.82) is 0 Å². The van der Waals surface area contributed by atoms with Crippen LogP contribution in [-0.2, 0) is 4.57 Å². The van der Waals surface area contributed by atoms with Crippen molar-refractivity contribution in [3.63, 3.8) is 0 Å². The zero-order valence-electron chi connectivity index (χ0n) is 16.5. The molecule has 0 aromatic heterocycles. The summed E-state index contributed by atoms with van der Waals surface area (Å²) in [6.45, 7) is 1.87. The molecule has 0 radical (unpaired) electrons. The minimum atomic E-state index is -2.91. The summed E-state index contributed by atoms with van der Waals surface area (Å²) >= 11 is 0. The van der Waals surface area contributed by atoms with E-state index < -0.39 is 7.59 Å². The fourth-order valence-electron chi connectivity index (χ4n) is 5.41. The summed E-state index contributed by atoms with van der Waals surface area (Å²) < 4.78 is 22.2. The van der Waals surface area contributed by atoms with Crippen molar-refractivity contribution in [3.05, 3.63) is 60.7 Å². The maximum Gasteiger partial charge on any atom is 0.336 e. The predicted octanol–water partition coefficient (Wildman–Crippen LogP) is 5.92. The molecule has 4 nitrogen and oxygen atoms in total. The van der Waals surface area contributed by atoms with E-state index in [0.717, 1.165) is 50.1 Å². The standard InChI is InChI=1S/C23H30N3OP/c27-28(24-18-10-3-11-19-24)25(20-12-4-1-5-13-20)22-16-8-9-17-23(22)26(28)21-14-6-2-7-15-21/h1-2,4-7,12-15,22-23H,3,8-11,16-19H2/t22-,23-/m1/s1. The van der Waals surface area contributed by atoms with E-state index in [9.17, 15) is 0 Å². The van der Waals surface area contributed by atoms with Gasteiger partial charge in [0.2, 0.25) is 0 Å². The maximum atomic E-state index is 15.2. The molecular weight excluding hydrogens is 365 g/mol. The minimum Gasteiger partial charge on any atom is -0.290 e. The zero-order valence-corrected chi connectivity index (χ0v) is 17.4. The molecule has 3 fully saturated rings. The van der Waals surface area contributed by atoms with Gasteiger partial charge in [-0.05, 0) is 49.9 Å². The van der Waals surface area contributed by atoms with Crippen LogP contribution < -0.4 is 9.34 Å². The Morgan fingerprint density at radius 3 is 1.57 bits per heavy atom. The highest BCUT2D eigenvalue weighted by atomic mass is 31.2. The van der Waals surface area contributed by atoms with Crippen molar-refractivity contribution in [2.45, 2.75) is 57.0 Å². The Hall–Kier alpha value is -1.77. The third-order valence-corrected chi connectivity index (χ3v) is 9.94. The van der Waals surface area contributed by atoms with Crippen molar-refractivity contribution in [2.24, 2.45) is 0 Å². The van der Waals surface area contributed by atoms with Crippen LogP contribution in [0.3, 0.4) is 0 Å². The maximum absolute atomic E-state index is 15.2. The Balaban J connectivity index is 1.68. The summed E-state index contributed by atoms with van der Waals surface area (Å²) in [5, 5.41) is 0. The van der Waals surface area contributed by atoms with Crippen LogP contribution in [0.1, 0.15) is 44.9 Å². The van der Waals surface area contributed by atoms with Gasteiger partial charge in [0.15, 0.2) is 0 Å². The Morgan fingerprint density at radius 2 is 1.11 bits per heavy atom. The van der Waals surface area contributed by atoms with Crippen molar-refractivity contribution >= 4 is 19.0 Å². The second kappa shape index (κ2) is 7.57. The molecule has 28 heavy (non-hydrogen) atoms. The Labute approximate surface area is 168 Å². The van der Waals surface area contributed by atoms with Gasteiger partial charge in [0.1, 0.15) is 0 Å². The van der Waals surface area contributed by atoms with E-state index in [0.29, 0.717) is 12.1 Å². The third-order valence-electron chi connectivity index (χ3n) is 6.63. The number of anilines is 2. The van der Waals surface area contributed by atoms with Gasteiger partial charge in [-0.25, -0.2) is 4.67 Å². The number of hydrogen-bond donors (Lipinski definition) is 0. The summed E-state index contributed by atoms with van der Waals surface area (Å²) in [7, 11) is -2.91. The smallest absolute Gasteiger partial charge is 0.290 e. The van der Waals surface area contributed by atoms with E-state index in [4.69, 9.17) is 0 Å². The fraction of sp³-hybridized carbons (Fsp3) is 0.478. The lowest BCUT2D eigenvalue weighted by Crippen LogP contribution is -2.40. The highest BCUT2D eigenvalue weighted by molar-refractivity contribution is 7.65. The SMILES string of the molecule is O=P1(N2CCCCC2)N(c2ccccc2)[C@@H]2CCCC[C@H]2N1c1ccccc1. The number of rotatable bonds is 3. The third kappa shape index (κ3) is 2.89. The summed E-state index contributed by atoms with van der Waals surface area (Å²) in [4.78, 5) is 0. The van der Waals surface area contributed by atoms with Crippen LogP contribution in [0, 0.1) is 0 Å². The Bertz CT molecular complexity index is 778. The normalized spacial score (nSPS) is 27.6. The molecule has 0 bridgehead atoms. The molecular formula is C23H30N3OP. The summed E-state index contributed by atoms with van der Waals surface area (Å²) in [5.74, 6) is 0. The van der Waals surface area contributed by atoms with Crippen LogP contribution in [0.5, 0.6) is 0 Å². The van der Waals surface area contributed by atoms with Gasteiger partial charge in [0.05, 0.1) is 12.1 Å². The van der Waals surface area contributed by atoms with Crippen molar-refractivity contribution < 1.29 is 4.57 Å². The highest BCUT2D eigenvalue weighted by Gasteiger charge is 2.58. The first-order valence-electron chi connectivity index (χ1n) is 10.8. The van der Waals surface area contributed by atoms with Crippen molar-refractivity contribution in [2.75, 3.05) is 22.4 Å². The number of piperidine rings is 1. The van der Waals surface area contributed by atoms with E-state index in [1.807, 2.05) is 0 Å². The molecule has 0 amide bonds. The number of nitrogens with zero attached hydrogens (tertiary/aromatic N) is 3. The van der Waals surface area contributed by atoms with Gasteiger partial charge < -0.3 is 0 Å². The number of hydrogen-bond acceptors (Lipinski definition) is 1. The van der Waals surface area contributed by atoms with Gasteiger partial charge in [-0.1, -0.05) is 55.7 Å². The lowest BCUT2D eigenvalue weighted by atomic mass is 9.90. The lowest BCUT2D eigenvalue weighted by Gasteiger charge is -2.42. The van der Waals surface area contributed by atoms with E-state index in [1.54, 1.807) is 0 Å². The molecule has 3 aliphatic rings. The molecule has 1 saturated carbocycles. The van der Waals surface area contributed by atoms with Crippen LogP contribution in [-0.4, -0.2) is 29.8 Å². The minimum absolute atomic E-state index is 0.323. The number of para-hydroxylation sites is 2. The molecule has 2 aromatic carbocycles. The molecule has 5 heteroatoms. The monoisotopic (exact) mass is 395 g/mol. The van der Waals surface area contributed by atoms with Crippen LogP contribution in [0.25, 0.3) is 0 Å². The van der Waals surface area contributed by atoms with Gasteiger partial charge in [0, 0.05) is 24.5 Å². The Kier molecular flexibility index (Phi) is 4.94. The quantitative estimate of drug-likeness (QED) is 0.603.